The molecule has 158 valence electrons. The minimum absolute atomic E-state index is 0.00966. The Kier molecular flexibility index (Phi) is 6.18. The molecule has 0 atom stereocenters. The van der Waals surface area contributed by atoms with Crippen molar-refractivity contribution in [3.8, 4) is 11.5 Å². The molecule has 2 aromatic rings. The van der Waals surface area contributed by atoms with Crippen LogP contribution in [0.3, 0.4) is 0 Å². The van der Waals surface area contributed by atoms with Crippen LogP contribution in [0.1, 0.15) is 18.4 Å². The van der Waals surface area contributed by atoms with Crippen molar-refractivity contribution in [2.75, 3.05) is 43.5 Å². The predicted molar refractivity (Wildman–Crippen MR) is 115 cm³/mol. The van der Waals surface area contributed by atoms with Gasteiger partial charge in [-0.05, 0) is 57.1 Å². The SMILES string of the molecule is Cc1ccc(NC(=O)CN2CCC(C(=O)Nc3ccc4c(c3)OCCO4)CC2)cc1. The van der Waals surface area contributed by atoms with Crippen molar-refractivity contribution in [2.45, 2.75) is 19.8 Å². The summed E-state index contributed by atoms with van der Waals surface area (Å²) in [7, 11) is 0. The number of fused-ring (bicyclic) bond motifs is 1. The molecule has 0 unspecified atom stereocenters. The lowest BCUT2D eigenvalue weighted by Crippen LogP contribution is -2.41. The number of likely N-dealkylation sites (tertiary alicyclic amines) is 1. The molecule has 2 heterocycles. The number of hydrogen-bond acceptors (Lipinski definition) is 5. The van der Waals surface area contributed by atoms with E-state index in [1.54, 1.807) is 6.07 Å². The lowest BCUT2D eigenvalue weighted by atomic mass is 9.95. The minimum atomic E-state index is -0.0605. The third-order valence-corrected chi connectivity index (χ3v) is 5.47. The van der Waals surface area contributed by atoms with E-state index >= 15 is 0 Å². The second-order valence-electron chi connectivity index (χ2n) is 7.81. The maximum atomic E-state index is 12.7. The first kappa shape index (κ1) is 20.2. The summed E-state index contributed by atoms with van der Waals surface area (Å²) in [5.74, 6) is 1.29. The summed E-state index contributed by atoms with van der Waals surface area (Å²) in [4.78, 5) is 27.0. The largest absolute Gasteiger partial charge is 0.486 e. The zero-order valence-electron chi connectivity index (χ0n) is 17.1. The van der Waals surface area contributed by atoms with Gasteiger partial charge >= 0.3 is 0 Å². The fourth-order valence-corrected chi connectivity index (χ4v) is 3.76. The fourth-order valence-electron chi connectivity index (χ4n) is 3.76. The van der Waals surface area contributed by atoms with E-state index in [4.69, 9.17) is 9.47 Å². The number of nitrogens with zero attached hydrogens (tertiary/aromatic N) is 1. The van der Waals surface area contributed by atoms with Gasteiger partial charge in [0.1, 0.15) is 13.2 Å². The van der Waals surface area contributed by atoms with Crippen LogP contribution in [0.5, 0.6) is 11.5 Å². The molecule has 2 aliphatic rings. The number of ether oxygens (including phenoxy) is 2. The predicted octanol–water partition coefficient (Wildman–Crippen LogP) is 3.06. The molecule has 2 N–H and O–H groups in total. The molecular weight excluding hydrogens is 382 g/mol. The molecule has 30 heavy (non-hydrogen) atoms. The van der Waals surface area contributed by atoms with Crippen molar-refractivity contribution < 1.29 is 19.1 Å². The summed E-state index contributed by atoms with van der Waals surface area (Å²) in [6.07, 6.45) is 1.46. The van der Waals surface area contributed by atoms with Crippen molar-refractivity contribution in [3.05, 3.63) is 48.0 Å². The third kappa shape index (κ3) is 5.10. The minimum Gasteiger partial charge on any atom is -0.486 e. The van der Waals surface area contributed by atoms with Gasteiger partial charge in [0.25, 0.3) is 0 Å². The summed E-state index contributed by atoms with van der Waals surface area (Å²) in [5.41, 5.74) is 2.67. The molecule has 0 spiro atoms. The van der Waals surface area contributed by atoms with Gasteiger partial charge in [0.2, 0.25) is 11.8 Å². The van der Waals surface area contributed by atoms with Crippen LogP contribution < -0.4 is 20.1 Å². The monoisotopic (exact) mass is 409 g/mol. The molecule has 0 aliphatic carbocycles. The van der Waals surface area contributed by atoms with Gasteiger partial charge in [0.15, 0.2) is 11.5 Å². The second kappa shape index (κ2) is 9.17. The highest BCUT2D eigenvalue weighted by atomic mass is 16.6. The molecule has 7 nitrogen and oxygen atoms in total. The average molecular weight is 409 g/mol. The topological polar surface area (TPSA) is 79.9 Å². The highest BCUT2D eigenvalue weighted by molar-refractivity contribution is 5.93. The van der Waals surface area contributed by atoms with Crippen LogP contribution in [0, 0.1) is 12.8 Å². The van der Waals surface area contributed by atoms with Gasteiger partial charge in [-0.25, -0.2) is 0 Å². The normalized spacial score (nSPS) is 16.7. The first-order valence-corrected chi connectivity index (χ1v) is 10.4. The van der Waals surface area contributed by atoms with Crippen molar-refractivity contribution in [3.63, 3.8) is 0 Å². The number of rotatable bonds is 5. The van der Waals surface area contributed by atoms with E-state index in [9.17, 15) is 9.59 Å². The van der Waals surface area contributed by atoms with Crippen LogP contribution in [0.4, 0.5) is 11.4 Å². The molecule has 7 heteroatoms. The van der Waals surface area contributed by atoms with Gasteiger partial charge in [0, 0.05) is 23.4 Å². The first-order chi connectivity index (χ1) is 14.6. The quantitative estimate of drug-likeness (QED) is 0.794. The molecule has 2 aliphatic heterocycles. The smallest absolute Gasteiger partial charge is 0.238 e. The van der Waals surface area contributed by atoms with Gasteiger partial charge < -0.3 is 20.1 Å². The fraction of sp³-hybridized carbons (Fsp3) is 0.391. The number of aryl methyl sites for hydroxylation is 1. The number of carbonyl (C=O) groups is 2. The van der Waals surface area contributed by atoms with Gasteiger partial charge in [-0.1, -0.05) is 17.7 Å². The Morgan fingerprint density at radius 1 is 0.933 bits per heavy atom. The Morgan fingerprint density at radius 3 is 2.33 bits per heavy atom. The number of hydrogen-bond donors (Lipinski definition) is 2. The number of piperidine rings is 1. The van der Waals surface area contributed by atoms with Crippen molar-refractivity contribution in [1.82, 2.24) is 4.90 Å². The van der Waals surface area contributed by atoms with Crippen LogP contribution >= 0.6 is 0 Å². The van der Waals surface area contributed by atoms with Crippen LogP contribution in [0.15, 0.2) is 42.5 Å². The Bertz CT molecular complexity index is 905. The summed E-state index contributed by atoms with van der Waals surface area (Å²) in [5, 5.41) is 5.91. The number of anilines is 2. The molecule has 0 radical (unpaired) electrons. The molecule has 4 rings (SSSR count). The molecule has 0 saturated carbocycles. The van der Waals surface area contributed by atoms with Gasteiger partial charge in [-0.2, -0.15) is 0 Å². The van der Waals surface area contributed by atoms with Crippen LogP contribution in [0.2, 0.25) is 0 Å². The van der Waals surface area contributed by atoms with Crippen LogP contribution in [-0.4, -0.2) is 49.6 Å². The number of amides is 2. The number of nitrogens with one attached hydrogen (secondary N) is 2. The van der Waals surface area contributed by atoms with Gasteiger partial charge in [-0.15, -0.1) is 0 Å². The average Bonchev–Trinajstić information content (AvgIpc) is 2.76. The molecule has 2 aromatic carbocycles. The van der Waals surface area contributed by atoms with E-state index in [-0.39, 0.29) is 17.7 Å². The highest BCUT2D eigenvalue weighted by Crippen LogP contribution is 2.33. The molecular formula is C23H27N3O4. The summed E-state index contributed by atoms with van der Waals surface area (Å²) in [6.45, 7) is 4.85. The zero-order valence-corrected chi connectivity index (χ0v) is 17.1. The van der Waals surface area contributed by atoms with Crippen molar-refractivity contribution >= 4 is 23.2 Å². The zero-order chi connectivity index (χ0) is 20.9. The van der Waals surface area contributed by atoms with E-state index in [0.717, 1.165) is 37.2 Å². The Hall–Kier alpha value is -3.06. The molecule has 1 saturated heterocycles. The lowest BCUT2D eigenvalue weighted by molar-refractivity contribution is -0.121. The maximum Gasteiger partial charge on any atom is 0.238 e. The van der Waals surface area contributed by atoms with E-state index < -0.39 is 0 Å². The Labute approximate surface area is 176 Å². The van der Waals surface area contributed by atoms with E-state index in [2.05, 4.69) is 15.5 Å². The summed E-state index contributed by atoms with van der Waals surface area (Å²) >= 11 is 0. The molecule has 0 bridgehead atoms. The van der Waals surface area contributed by atoms with E-state index in [1.165, 1.54) is 0 Å². The number of carbonyl (C=O) groups excluding carboxylic acids is 2. The van der Waals surface area contributed by atoms with Gasteiger partial charge in [-0.3, -0.25) is 14.5 Å². The van der Waals surface area contributed by atoms with Gasteiger partial charge in [0.05, 0.1) is 6.54 Å². The Morgan fingerprint density at radius 2 is 1.60 bits per heavy atom. The number of benzene rings is 2. The second-order valence-corrected chi connectivity index (χ2v) is 7.81. The molecule has 0 aromatic heterocycles. The lowest BCUT2D eigenvalue weighted by Gasteiger charge is -2.30. The van der Waals surface area contributed by atoms with Crippen LogP contribution in [-0.2, 0) is 9.59 Å². The van der Waals surface area contributed by atoms with E-state index in [0.29, 0.717) is 36.9 Å². The first-order valence-electron chi connectivity index (χ1n) is 10.4. The third-order valence-electron chi connectivity index (χ3n) is 5.47. The van der Waals surface area contributed by atoms with E-state index in [1.807, 2.05) is 43.3 Å². The Balaban J connectivity index is 1.23. The highest BCUT2D eigenvalue weighted by Gasteiger charge is 2.26. The van der Waals surface area contributed by atoms with Crippen molar-refractivity contribution in [2.24, 2.45) is 5.92 Å². The maximum absolute atomic E-state index is 12.7. The summed E-state index contributed by atoms with van der Waals surface area (Å²) in [6, 6.07) is 13.2. The molecule has 1 fully saturated rings. The van der Waals surface area contributed by atoms with Crippen molar-refractivity contribution in [1.29, 1.82) is 0 Å². The molecule has 2 amide bonds. The standard InChI is InChI=1S/C23H27N3O4/c1-16-2-4-18(5-3-16)24-22(27)15-26-10-8-17(9-11-26)23(28)25-19-6-7-20-21(14-19)30-13-12-29-20/h2-7,14,17H,8-13,15H2,1H3,(H,24,27)(H,25,28). The van der Waals surface area contributed by atoms with Crippen LogP contribution in [0.25, 0.3) is 0 Å². The summed E-state index contributed by atoms with van der Waals surface area (Å²) < 4.78 is 11.1.